The van der Waals surface area contributed by atoms with Crippen LogP contribution in [-0.4, -0.2) is 32.1 Å². The van der Waals surface area contributed by atoms with E-state index in [1.807, 2.05) is 24.3 Å². The van der Waals surface area contributed by atoms with Gasteiger partial charge in [0.05, 0.1) is 12.3 Å². The molecule has 0 saturated carbocycles. The predicted molar refractivity (Wildman–Crippen MR) is 111 cm³/mol. The van der Waals surface area contributed by atoms with Crippen molar-refractivity contribution in [2.75, 3.05) is 6.61 Å². The van der Waals surface area contributed by atoms with Gasteiger partial charge in [-0.15, -0.1) is 0 Å². The number of aromatic hydroxyl groups is 1. The van der Waals surface area contributed by atoms with Crippen LogP contribution in [0.15, 0.2) is 36.5 Å². The second-order valence-corrected chi connectivity index (χ2v) is 7.79. The maximum atomic E-state index is 10.4. The molecular formula is C22H28N5NaO2. The zero-order valence-electron chi connectivity index (χ0n) is 18.3. The normalized spacial score (nSPS) is 11.2. The Kier molecular flexibility index (Phi) is 9.27. The monoisotopic (exact) mass is 417 g/mol. The summed E-state index contributed by atoms with van der Waals surface area (Å²) < 4.78 is 5.98. The Hall–Kier alpha value is -1.96. The number of unbranched alkanes of at least 4 members (excludes halogenated alkanes) is 2. The molecule has 0 fully saturated rings. The number of phenols is 1. The summed E-state index contributed by atoms with van der Waals surface area (Å²) in [6, 6.07) is 9.34. The van der Waals surface area contributed by atoms with Crippen molar-refractivity contribution in [3.63, 3.8) is 0 Å². The Morgan fingerprint density at radius 3 is 2.63 bits per heavy atom. The van der Waals surface area contributed by atoms with E-state index < -0.39 is 0 Å². The van der Waals surface area contributed by atoms with Crippen LogP contribution >= 0.6 is 0 Å². The number of aryl methyl sites for hydroxylation is 1. The van der Waals surface area contributed by atoms with Gasteiger partial charge in [-0.05, 0) is 43.0 Å². The molecule has 0 spiro atoms. The molecule has 0 aliphatic rings. The molecule has 0 aliphatic heterocycles. The van der Waals surface area contributed by atoms with Gasteiger partial charge in [-0.25, -0.2) is 0 Å². The quantitative estimate of drug-likeness (QED) is 0.390. The summed E-state index contributed by atoms with van der Waals surface area (Å²) >= 11 is 0. The molecular weight excluding hydrogens is 389 g/mol. The zero-order valence-corrected chi connectivity index (χ0v) is 20.3. The molecule has 154 valence electrons. The summed E-state index contributed by atoms with van der Waals surface area (Å²) in [5.41, 5.74) is 2.44. The largest absolute Gasteiger partial charge is 1.00 e. The van der Waals surface area contributed by atoms with Crippen molar-refractivity contribution in [1.82, 2.24) is 25.6 Å². The minimum atomic E-state index is -0.118. The van der Waals surface area contributed by atoms with Gasteiger partial charge in [0, 0.05) is 29.1 Å². The molecule has 1 aromatic carbocycles. The van der Waals surface area contributed by atoms with Gasteiger partial charge in [0.15, 0.2) is 0 Å². The van der Waals surface area contributed by atoms with Crippen molar-refractivity contribution >= 4 is 0 Å². The Morgan fingerprint density at radius 2 is 1.97 bits per heavy atom. The number of hydrogen-bond donors (Lipinski definition) is 1. The van der Waals surface area contributed by atoms with Gasteiger partial charge in [0.25, 0.3) is 0 Å². The summed E-state index contributed by atoms with van der Waals surface area (Å²) in [7, 11) is 0. The number of phenolic OH excluding ortho intramolecular Hbond substituents is 1. The van der Waals surface area contributed by atoms with Crippen LogP contribution in [0, 0.1) is 0 Å². The van der Waals surface area contributed by atoms with E-state index in [0.717, 1.165) is 54.7 Å². The maximum absolute atomic E-state index is 10.4. The number of pyridine rings is 1. The van der Waals surface area contributed by atoms with Crippen LogP contribution in [0.25, 0.3) is 11.3 Å². The first-order chi connectivity index (χ1) is 14.0. The van der Waals surface area contributed by atoms with Gasteiger partial charge >= 0.3 is 29.6 Å². The zero-order chi connectivity index (χ0) is 20.7. The molecule has 30 heavy (non-hydrogen) atoms. The summed E-state index contributed by atoms with van der Waals surface area (Å²) in [4.78, 5) is 4.33. The van der Waals surface area contributed by atoms with Gasteiger partial charge in [-0.3, -0.25) is 20.5 Å². The smallest absolute Gasteiger partial charge is 0.507 e. The van der Waals surface area contributed by atoms with E-state index in [9.17, 15) is 5.11 Å². The Bertz CT molecular complexity index is 901. The summed E-state index contributed by atoms with van der Waals surface area (Å²) in [6.45, 7) is 6.92. The molecule has 0 unspecified atom stereocenters. The van der Waals surface area contributed by atoms with E-state index in [1.54, 1.807) is 12.3 Å². The van der Waals surface area contributed by atoms with Crippen LogP contribution in [0.5, 0.6) is 11.5 Å². The topological polar surface area (TPSA) is 95.1 Å². The standard InChI is InChI=1S/C22H28N5O2.Na/c1-4-16-14-17(18-10-6-8-12-23-18)19(28)15-20(16)29-13-9-5-7-11-22(2,3)21-24-26-27-25-21;/h6,8,10,12,14-15H,4-5,7,9,11,13H2,1-3H3,(H-,23,24,25,26,27,28);/q-1;+1. The fourth-order valence-electron chi connectivity index (χ4n) is 3.31. The van der Waals surface area contributed by atoms with Crippen molar-refractivity contribution in [3.05, 3.63) is 47.9 Å². The minimum absolute atomic E-state index is 0. The maximum Gasteiger partial charge on any atom is 1.00 e. The van der Waals surface area contributed by atoms with Gasteiger partial charge in [-0.1, -0.05) is 39.7 Å². The third-order valence-corrected chi connectivity index (χ3v) is 5.13. The van der Waals surface area contributed by atoms with E-state index in [2.05, 4.69) is 46.4 Å². The fraction of sp³-hybridized carbons (Fsp3) is 0.455. The molecule has 7 nitrogen and oxygen atoms in total. The van der Waals surface area contributed by atoms with E-state index in [0.29, 0.717) is 12.4 Å². The molecule has 2 aromatic heterocycles. The molecule has 0 saturated heterocycles. The second-order valence-electron chi connectivity index (χ2n) is 7.79. The molecule has 0 amide bonds. The Labute approximate surface area is 200 Å². The van der Waals surface area contributed by atoms with E-state index in [-0.39, 0.29) is 40.7 Å². The third kappa shape index (κ3) is 6.27. The minimum Gasteiger partial charge on any atom is -0.507 e. The first-order valence-corrected chi connectivity index (χ1v) is 10.1. The molecule has 8 heteroatoms. The van der Waals surface area contributed by atoms with Crippen molar-refractivity contribution in [1.29, 1.82) is 0 Å². The number of tetrazole rings is 1. The van der Waals surface area contributed by atoms with Crippen molar-refractivity contribution < 1.29 is 39.4 Å². The number of ether oxygens (including phenoxy) is 1. The summed E-state index contributed by atoms with van der Waals surface area (Å²) in [6.07, 6.45) is 6.56. The summed E-state index contributed by atoms with van der Waals surface area (Å²) in [5.74, 6) is 1.63. The number of hydrogen-bond acceptors (Lipinski definition) is 6. The molecule has 1 N–H and O–H groups in total. The number of benzene rings is 1. The van der Waals surface area contributed by atoms with E-state index >= 15 is 0 Å². The van der Waals surface area contributed by atoms with E-state index in [1.165, 1.54) is 0 Å². The average Bonchev–Trinajstić information content (AvgIpc) is 3.27. The second kappa shape index (κ2) is 11.4. The van der Waals surface area contributed by atoms with Crippen LogP contribution in [0.4, 0.5) is 0 Å². The van der Waals surface area contributed by atoms with Crippen LogP contribution in [0.2, 0.25) is 0 Å². The molecule has 3 aromatic rings. The first-order valence-electron chi connectivity index (χ1n) is 10.1. The Balaban J connectivity index is 0.00000320. The van der Waals surface area contributed by atoms with Gasteiger partial charge in [-0.2, -0.15) is 0 Å². The first kappa shape index (κ1) is 24.3. The van der Waals surface area contributed by atoms with Crippen LogP contribution in [0.3, 0.4) is 0 Å². The van der Waals surface area contributed by atoms with E-state index in [4.69, 9.17) is 4.74 Å². The molecule has 2 heterocycles. The molecule has 3 rings (SSSR count). The van der Waals surface area contributed by atoms with Gasteiger partial charge in [0.1, 0.15) is 11.5 Å². The van der Waals surface area contributed by atoms with Gasteiger partial charge < -0.3 is 14.9 Å². The van der Waals surface area contributed by atoms with Crippen molar-refractivity contribution in [2.45, 2.75) is 58.3 Å². The Morgan fingerprint density at radius 1 is 1.13 bits per heavy atom. The van der Waals surface area contributed by atoms with Crippen LogP contribution in [0.1, 0.15) is 57.8 Å². The van der Waals surface area contributed by atoms with Gasteiger partial charge in [0.2, 0.25) is 0 Å². The van der Waals surface area contributed by atoms with Crippen LogP contribution < -0.4 is 39.5 Å². The fourth-order valence-corrected chi connectivity index (χ4v) is 3.31. The molecule has 0 atom stereocenters. The van der Waals surface area contributed by atoms with Crippen molar-refractivity contribution in [2.24, 2.45) is 0 Å². The SMILES string of the molecule is CCc1cc(-c2ccccn2)c(O)cc1OCCCCCC(C)(C)c1nn[n-]n1.[Na+]. The average molecular weight is 417 g/mol. The number of aromatic nitrogens is 5. The molecule has 0 radical (unpaired) electrons. The predicted octanol–water partition coefficient (Wildman–Crippen LogP) is 1.08. The molecule has 0 bridgehead atoms. The summed E-state index contributed by atoms with van der Waals surface area (Å²) in [5, 5.41) is 25.5. The number of rotatable bonds is 10. The van der Waals surface area contributed by atoms with Crippen molar-refractivity contribution in [3.8, 4) is 22.8 Å². The third-order valence-electron chi connectivity index (χ3n) is 5.13. The molecule has 0 aliphatic carbocycles. The number of nitrogens with zero attached hydrogens (tertiary/aromatic N) is 5. The van der Waals surface area contributed by atoms with Crippen LogP contribution in [-0.2, 0) is 11.8 Å².